The number of nitrogens with one attached hydrogen (secondary N) is 3. The second kappa shape index (κ2) is 9.30. The van der Waals surface area contributed by atoms with Crippen LogP contribution in [-0.2, 0) is 6.54 Å². The fraction of sp³-hybridized carbons (Fsp3) is 0.571. The normalized spacial score (nSPS) is 19.9. The third-order valence-electron chi connectivity index (χ3n) is 5.42. The Morgan fingerprint density at radius 2 is 1.86 bits per heavy atom. The van der Waals surface area contributed by atoms with E-state index in [9.17, 15) is 9.59 Å². The standard InChI is InChI=1S/C21H31N5O2/c1-16(2)15-26-21(28)18-8-5-4-7-17(18)19(23-26)20(27)22-9-6-10-25-13-11-24(3)12-14-25/h4-5,7-8,16H,6,9-15H2,1-3H3,(H,22,27)/p+2. The van der Waals surface area contributed by atoms with Gasteiger partial charge < -0.3 is 15.1 Å². The van der Waals surface area contributed by atoms with Crippen LogP contribution >= 0.6 is 0 Å². The summed E-state index contributed by atoms with van der Waals surface area (Å²) in [7, 11) is 2.24. The van der Waals surface area contributed by atoms with Gasteiger partial charge >= 0.3 is 0 Å². The second-order valence-corrected chi connectivity index (χ2v) is 8.34. The Morgan fingerprint density at radius 3 is 2.54 bits per heavy atom. The summed E-state index contributed by atoms with van der Waals surface area (Å²) in [5.41, 5.74) is 0.202. The van der Waals surface area contributed by atoms with Crippen LogP contribution in [0, 0.1) is 5.92 Å². The van der Waals surface area contributed by atoms with Crippen LogP contribution in [-0.4, -0.2) is 62.0 Å². The lowest BCUT2D eigenvalue weighted by Crippen LogP contribution is -3.27. The lowest BCUT2D eigenvalue weighted by Gasteiger charge is -2.27. The van der Waals surface area contributed by atoms with Crippen molar-refractivity contribution in [1.82, 2.24) is 15.1 Å². The molecule has 0 atom stereocenters. The van der Waals surface area contributed by atoms with Gasteiger partial charge in [-0.05, 0) is 12.0 Å². The summed E-state index contributed by atoms with van der Waals surface area (Å²) < 4.78 is 1.43. The number of benzene rings is 1. The van der Waals surface area contributed by atoms with Gasteiger partial charge in [0, 0.05) is 24.9 Å². The lowest BCUT2D eigenvalue weighted by atomic mass is 10.1. The fourth-order valence-corrected chi connectivity index (χ4v) is 3.78. The maximum Gasteiger partial charge on any atom is 0.274 e. The molecule has 152 valence electrons. The van der Waals surface area contributed by atoms with E-state index in [-0.39, 0.29) is 17.4 Å². The molecule has 1 aliphatic rings. The number of carbonyl (C=O) groups excluding carboxylic acids is 1. The average Bonchev–Trinajstić information content (AvgIpc) is 2.68. The van der Waals surface area contributed by atoms with Gasteiger partial charge in [-0.1, -0.05) is 32.0 Å². The number of hydrogen-bond donors (Lipinski definition) is 3. The van der Waals surface area contributed by atoms with Crippen molar-refractivity contribution in [2.75, 3.05) is 46.3 Å². The Balaban J connectivity index is 1.67. The first-order chi connectivity index (χ1) is 13.5. The Morgan fingerprint density at radius 1 is 1.18 bits per heavy atom. The van der Waals surface area contributed by atoms with Crippen molar-refractivity contribution in [2.24, 2.45) is 5.92 Å². The number of aromatic nitrogens is 2. The number of nitrogens with zero attached hydrogens (tertiary/aromatic N) is 2. The predicted octanol–water partition coefficient (Wildman–Crippen LogP) is -1.41. The Labute approximate surface area is 166 Å². The van der Waals surface area contributed by atoms with Crippen molar-refractivity contribution >= 4 is 16.7 Å². The van der Waals surface area contributed by atoms with Crippen molar-refractivity contribution in [2.45, 2.75) is 26.8 Å². The molecule has 1 aromatic carbocycles. The molecule has 3 N–H and O–H groups in total. The molecule has 0 saturated carbocycles. The van der Waals surface area contributed by atoms with Crippen LogP contribution in [0.3, 0.4) is 0 Å². The third-order valence-corrected chi connectivity index (χ3v) is 5.42. The van der Waals surface area contributed by atoms with Gasteiger partial charge in [0.25, 0.3) is 11.5 Å². The molecule has 1 amide bonds. The van der Waals surface area contributed by atoms with E-state index in [0.29, 0.717) is 29.6 Å². The molecule has 0 unspecified atom stereocenters. The molecular formula is C21H33N5O2+2. The molecule has 1 saturated heterocycles. The minimum absolute atomic E-state index is 0.137. The molecule has 0 radical (unpaired) electrons. The molecule has 2 heterocycles. The molecule has 1 fully saturated rings. The van der Waals surface area contributed by atoms with Crippen LogP contribution in [0.25, 0.3) is 10.8 Å². The number of quaternary nitrogens is 2. The highest BCUT2D eigenvalue weighted by Crippen LogP contribution is 2.13. The summed E-state index contributed by atoms with van der Waals surface area (Å²) in [6, 6.07) is 7.23. The van der Waals surface area contributed by atoms with Crippen LogP contribution in [0.4, 0.5) is 0 Å². The summed E-state index contributed by atoms with van der Waals surface area (Å²) in [4.78, 5) is 28.7. The van der Waals surface area contributed by atoms with Gasteiger partial charge in [0.1, 0.15) is 26.2 Å². The van der Waals surface area contributed by atoms with Crippen LogP contribution in [0.15, 0.2) is 29.1 Å². The molecule has 2 aromatic rings. The zero-order valence-corrected chi connectivity index (χ0v) is 17.3. The maximum atomic E-state index is 12.8. The Bertz CT molecular complexity index is 869. The summed E-state index contributed by atoms with van der Waals surface area (Å²) in [6.07, 6.45) is 0.948. The summed E-state index contributed by atoms with van der Waals surface area (Å²) in [5, 5.41) is 8.58. The molecule has 1 aliphatic heterocycles. The first-order valence-corrected chi connectivity index (χ1v) is 10.4. The predicted molar refractivity (Wildman–Crippen MR) is 110 cm³/mol. The summed E-state index contributed by atoms with van der Waals surface area (Å²) >= 11 is 0. The number of fused-ring (bicyclic) bond motifs is 1. The topological polar surface area (TPSA) is 72.9 Å². The average molecular weight is 388 g/mol. The maximum absolute atomic E-state index is 12.8. The van der Waals surface area contributed by atoms with E-state index in [1.165, 1.54) is 30.9 Å². The highest BCUT2D eigenvalue weighted by molar-refractivity contribution is 6.04. The van der Waals surface area contributed by atoms with Crippen molar-refractivity contribution in [3.05, 3.63) is 40.3 Å². The Hall–Kier alpha value is -2.25. The van der Waals surface area contributed by atoms with Gasteiger partial charge in [0.2, 0.25) is 0 Å². The van der Waals surface area contributed by atoms with Crippen LogP contribution in [0.2, 0.25) is 0 Å². The van der Waals surface area contributed by atoms with Crippen LogP contribution < -0.4 is 20.7 Å². The second-order valence-electron chi connectivity index (χ2n) is 8.34. The van der Waals surface area contributed by atoms with Crippen molar-refractivity contribution < 1.29 is 14.6 Å². The molecule has 0 bridgehead atoms. The molecular weight excluding hydrogens is 354 g/mol. The molecule has 28 heavy (non-hydrogen) atoms. The van der Waals surface area contributed by atoms with Gasteiger partial charge in [0.05, 0.1) is 19.0 Å². The fourth-order valence-electron chi connectivity index (χ4n) is 3.78. The third kappa shape index (κ3) is 4.97. The molecule has 1 aromatic heterocycles. The molecule has 0 spiro atoms. The number of hydrogen-bond acceptors (Lipinski definition) is 3. The minimum Gasteiger partial charge on any atom is -0.350 e. The van der Waals surface area contributed by atoms with E-state index in [0.717, 1.165) is 13.0 Å². The Kier molecular flexibility index (Phi) is 6.80. The number of likely N-dealkylation sites (N-methyl/N-ethyl adjacent to an activating group) is 1. The largest absolute Gasteiger partial charge is 0.350 e. The molecule has 0 aliphatic carbocycles. The zero-order valence-electron chi connectivity index (χ0n) is 17.3. The van der Waals surface area contributed by atoms with Crippen LogP contribution in [0.5, 0.6) is 0 Å². The van der Waals surface area contributed by atoms with Gasteiger partial charge in [-0.3, -0.25) is 9.59 Å². The number of piperazine rings is 1. The van der Waals surface area contributed by atoms with Gasteiger partial charge in [0.15, 0.2) is 5.69 Å². The van der Waals surface area contributed by atoms with E-state index in [1.807, 2.05) is 26.0 Å². The lowest BCUT2D eigenvalue weighted by molar-refractivity contribution is -1.00. The van der Waals surface area contributed by atoms with Gasteiger partial charge in [-0.2, -0.15) is 5.10 Å². The molecule has 3 rings (SSSR count). The first-order valence-electron chi connectivity index (χ1n) is 10.4. The van der Waals surface area contributed by atoms with E-state index < -0.39 is 0 Å². The zero-order chi connectivity index (χ0) is 20.1. The number of amides is 1. The highest BCUT2D eigenvalue weighted by atomic mass is 16.2. The van der Waals surface area contributed by atoms with Gasteiger partial charge in [-0.15, -0.1) is 0 Å². The monoisotopic (exact) mass is 387 g/mol. The smallest absolute Gasteiger partial charge is 0.274 e. The minimum atomic E-state index is -0.202. The SMILES string of the molecule is CC(C)Cn1nc(C(=O)NCCC[NH+]2CC[NH+](C)CC2)c2ccccc2c1=O. The summed E-state index contributed by atoms with van der Waals surface area (Å²) in [5.74, 6) is 0.0715. The first kappa shape index (κ1) is 20.5. The molecule has 7 heteroatoms. The van der Waals surface area contributed by atoms with Gasteiger partial charge in [-0.25, -0.2) is 4.68 Å². The van der Waals surface area contributed by atoms with E-state index in [2.05, 4.69) is 17.5 Å². The van der Waals surface area contributed by atoms with E-state index >= 15 is 0 Å². The summed E-state index contributed by atoms with van der Waals surface area (Å²) in [6.45, 7) is 11.1. The highest BCUT2D eigenvalue weighted by Gasteiger charge is 2.20. The van der Waals surface area contributed by atoms with Crippen molar-refractivity contribution in [1.29, 1.82) is 0 Å². The van der Waals surface area contributed by atoms with Crippen molar-refractivity contribution in [3.63, 3.8) is 0 Å². The quantitative estimate of drug-likeness (QED) is 0.511. The van der Waals surface area contributed by atoms with E-state index in [4.69, 9.17) is 0 Å². The molecule has 7 nitrogen and oxygen atoms in total. The van der Waals surface area contributed by atoms with Crippen LogP contribution in [0.1, 0.15) is 30.8 Å². The number of rotatable bonds is 7. The number of carbonyl (C=O) groups is 1. The van der Waals surface area contributed by atoms with Crippen molar-refractivity contribution in [3.8, 4) is 0 Å². The van der Waals surface area contributed by atoms with E-state index in [1.54, 1.807) is 21.9 Å².